The summed E-state index contributed by atoms with van der Waals surface area (Å²) in [6.45, 7) is 0.686. The molecule has 10 heteroatoms. The largest absolute Gasteiger partial charge is 0.473 e. The zero-order valence-corrected chi connectivity index (χ0v) is 17.7. The molecule has 0 aliphatic carbocycles. The van der Waals surface area contributed by atoms with Gasteiger partial charge in [0.25, 0.3) is 0 Å². The second kappa shape index (κ2) is 11.4. The third kappa shape index (κ3) is 6.78. The molecule has 1 aliphatic heterocycles. The minimum absolute atomic E-state index is 0.221. The van der Waals surface area contributed by atoms with E-state index in [1.165, 1.54) is 24.3 Å². The van der Waals surface area contributed by atoms with Gasteiger partial charge in [0, 0.05) is 12.2 Å². The summed E-state index contributed by atoms with van der Waals surface area (Å²) in [5.41, 5.74) is 2.35. The molecule has 0 radical (unpaired) electrons. The summed E-state index contributed by atoms with van der Waals surface area (Å²) in [7, 11) is 0. The van der Waals surface area contributed by atoms with Gasteiger partial charge < -0.3 is 25.0 Å². The Balaban J connectivity index is 0.000000481. The van der Waals surface area contributed by atoms with Crippen LogP contribution in [0.3, 0.4) is 0 Å². The summed E-state index contributed by atoms with van der Waals surface area (Å²) in [6, 6.07) is 20.3. The minimum Gasteiger partial charge on any atom is -0.473 e. The Kier molecular flexibility index (Phi) is 8.14. The molecule has 3 aromatic carbocycles. The number of carbonyl (C=O) groups is 3. The van der Waals surface area contributed by atoms with E-state index in [1.54, 1.807) is 0 Å². The zero-order chi connectivity index (χ0) is 24.5. The highest BCUT2D eigenvalue weighted by Gasteiger charge is 2.21. The van der Waals surface area contributed by atoms with E-state index in [-0.39, 0.29) is 18.5 Å². The van der Waals surface area contributed by atoms with Gasteiger partial charge in [-0.15, -0.1) is 0 Å². The number of anilines is 1. The number of benzene rings is 3. The first-order valence-electron chi connectivity index (χ1n) is 10.0. The summed E-state index contributed by atoms with van der Waals surface area (Å²) in [4.78, 5) is 31.1. The molecular weight excluding hydrogens is 447 g/mol. The van der Waals surface area contributed by atoms with Gasteiger partial charge in [-0.3, -0.25) is 10.1 Å². The molecule has 0 saturated carbocycles. The van der Waals surface area contributed by atoms with Crippen molar-refractivity contribution in [2.45, 2.75) is 12.6 Å². The van der Waals surface area contributed by atoms with E-state index >= 15 is 0 Å². The van der Waals surface area contributed by atoms with Gasteiger partial charge in [-0.1, -0.05) is 36.4 Å². The maximum Gasteiger partial charge on any atom is 0.414 e. The second-order valence-electron chi connectivity index (χ2n) is 7.02. The topological polar surface area (TPSA) is 134 Å². The van der Waals surface area contributed by atoms with Crippen LogP contribution in [0.5, 0.6) is 11.5 Å². The SMILES string of the molecule is O=C(Nc1ccc(F)cc1)C(NCc1ccc2c(c1)OCO2)c1ccccc1.O=C(O)C(=O)O. The molecule has 4 N–H and O–H groups in total. The number of rotatable bonds is 6. The lowest BCUT2D eigenvalue weighted by atomic mass is 10.1. The van der Waals surface area contributed by atoms with Crippen molar-refractivity contribution in [1.82, 2.24) is 5.32 Å². The molecule has 0 bridgehead atoms. The Morgan fingerprint density at radius 3 is 2.18 bits per heavy atom. The van der Waals surface area contributed by atoms with Crippen molar-refractivity contribution < 1.29 is 38.5 Å². The van der Waals surface area contributed by atoms with E-state index in [0.717, 1.165) is 16.9 Å². The van der Waals surface area contributed by atoms with Crippen LogP contribution in [0.2, 0.25) is 0 Å². The number of ether oxygens (including phenoxy) is 2. The molecule has 3 aromatic rings. The summed E-state index contributed by atoms with van der Waals surface area (Å²) in [5.74, 6) is -2.80. The maximum atomic E-state index is 13.1. The number of hydrogen-bond acceptors (Lipinski definition) is 6. The van der Waals surface area contributed by atoms with E-state index in [4.69, 9.17) is 29.3 Å². The van der Waals surface area contributed by atoms with Gasteiger partial charge in [-0.2, -0.15) is 0 Å². The number of aliphatic carboxylic acids is 2. The van der Waals surface area contributed by atoms with Crippen molar-refractivity contribution in [2.75, 3.05) is 12.1 Å². The molecule has 1 amide bonds. The average molecular weight is 468 g/mol. The predicted molar refractivity (Wildman–Crippen MR) is 119 cm³/mol. The first-order chi connectivity index (χ1) is 16.3. The Morgan fingerprint density at radius 1 is 0.882 bits per heavy atom. The maximum absolute atomic E-state index is 13.1. The Hall–Kier alpha value is -4.44. The molecule has 9 nitrogen and oxygen atoms in total. The van der Waals surface area contributed by atoms with Gasteiger partial charge in [0.05, 0.1) is 0 Å². The quantitative estimate of drug-likeness (QED) is 0.405. The van der Waals surface area contributed by atoms with E-state index in [9.17, 15) is 9.18 Å². The van der Waals surface area contributed by atoms with Crippen molar-refractivity contribution in [3.8, 4) is 11.5 Å². The van der Waals surface area contributed by atoms with E-state index < -0.39 is 18.0 Å². The van der Waals surface area contributed by atoms with Crippen LogP contribution in [0.1, 0.15) is 17.2 Å². The van der Waals surface area contributed by atoms with Crippen molar-refractivity contribution in [3.63, 3.8) is 0 Å². The smallest absolute Gasteiger partial charge is 0.414 e. The molecule has 0 saturated heterocycles. The van der Waals surface area contributed by atoms with Crippen LogP contribution in [0.15, 0.2) is 72.8 Å². The summed E-state index contributed by atoms with van der Waals surface area (Å²) in [6.07, 6.45) is 0. The highest BCUT2D eigenvalue weighted by atomic mass is 19.1. The number of hydrogen-bond donors (Lipinski definition) is 4. The van der Waals surface area contributed by atoms with Crippen molar-refractivity contribution in [3.05, 3.63) is 89.7 Å². The highest BCUT2D eigenvalue weighted by Crippen LogP contribution is 2.32. The van der Waals surface area contributed by atoms with Gasteiger partial charge in [0.15, 0.2) is 11.5 Å². The molecule has 0 fully saturated rings. The predicted octanol–water partition coefficient (Wildman–Crippen LogP) is 3.18. The Labute approximate surface area is 193 Å². The molecular formula is C24H21FN2O7. The molecule has 0 spiro atoms. The number of halogens is 1. The van der Waals surface area contributed by atoms with Crippen LogP contribution in [-0.4, -0.2) is 34.9 Å². The molecule has 1 unspecified atom stereocenters. The van der Waals surface area contributed by atoms with Crippen LogP contribution in [0, 0.1) is 5.82 Å². The van der Waals surface area contributed by atoms with Crippen molar-refractivity contribution >= 4 is 23.5 Å². The first-order valence-corrected chi connectivity index (χ1v) is 10.0. The average Bonchev–Trinajstić information content (AvgIpc) is 3.30. The van der Waals surface area contributed by atoms with Crippen LogP contribution < -0.4 is 20.1 Å². The van der Waals surface area contributed by atoms with Crippen molar-refractivity contribution in [1.29, 1.82) is 0 Å². The fraction of sp³-hybridized carbons (Fsp3) is 0.125. The lowest BCUT2D eigenvalue weighted by Crippen LogP contribution is -2.32. The van der Waals surface area contributed by atoms with Crippen molar-refractivity contribution in [2.24, 2.45) is 0 Å². The minimum atomic E-state index is -1.82. The fourth-order valence-electron chi connectivity index (χ4n) is 3.03. The molecule has 4 rings (SSSR count). The lowest BCUT2D eigenvalue weighted by Gasteiger charge is -2.19. The third-order valence-corrected chi connectivity index (χ3v) is 4.64. The van der Waals surface area contributed by atoms with Crippen LogP contribution >= 0.6 is 0 Å². The van der Waals surface area contributed by atoms with E-state index in [0.29, 0.717) is 18.0 Å². The summed E-state index contributed by atoms with van der Waals surface area (Å²) < 4.78 is 23.8. The summed E-state index contributed by atoms with van der Waals surface area (Å²) in [5, 5.41) is 20.9. The van der Waals surface area contributed by atoms with Crippen LogP contribution in [0.4, 0.5) is 10.1 Å². The van der Waals surface area contributed by atoms with Crippen LogP contribution in [-0.2, 0) is 20.9 Å². The standard InChI is InChI=1S/C22H19FN2O3.C2H2O4/c23-17-7-9-18(10-8-17)25-22(26)21(16-4-2-1-3-5-16)24-13-15-6-11-19-20(12-15)28-14-27-19;3-1(4)2(5)6/h1-12,21,24H,13-14H2,(H,25,26);(H,3,4)(H,5,6). The van der Waals surface area contributed by atoms with Gasteiger partial charge in [0.1, 0.15) is 11.9 Å². The molecule has 0 aromatic heterocycles. The number of carbonyl (C=O) groups excluding carboxylic acids is 1. The highest BCUT2D eigenvalue weighted by molar-refractivity contribution is 6.27. The normalized spacial score (nSPS) is 12.1. The molecule has 1 atom stereocenters. The van der Waals surface area contributed by atoms with E-state index in [2.05, 4.69) is 10.6 Å². The number of carboxylic acid groups (broad SMARTS) is 2. The number of carboxylic acids is 2. The van der Waals surface area contributed by atoms with Gasteiger partial charge in [0.2, 0.25) is 12.7 Å². The first kappa shape index (κ1) is 24.2. The van der Waals surface area contributed by atoms with Crippen LogP contribution in [0.25, 0.3) is 0 Å². The molecule has 34 heavy (non-hydrogen) atoms. The van der Waals surface area contributed by atoms with Gasteiger partial charge >= 0.3 is 11.9 Å². The Bertz CT molecular complexity index is 1140. The fourth-order valence-corrected chi connectivity index (χ4v) is 3.03. The number of fused-ring (bicyclic) bond motifs is 1. The second-order valence-corrected chi connectivity index (χ2v) is 7.02. The van der Waals surface area contributed by atoms with E-state index in [1.807, 2.05) is 48.5 Å². The number of amides is 1. The zero-order valence-electron chi connectivity index (χ0n) is 17.7. The van der Waals surface area contributed by atoms with Gasteiger partial charge in [-0.05, 0) is 47.5 Å². The molecule has 1 heterocycles. The monoisotopic (exact) mass is 468 g/mol. The third-order valence-electron chi connectivity index (χ3n) is 4.64. The lowest BCUT2D eigenvalue weighted by molar-refractivity contribution is -0.159. The summed E-state index contributed by atoms with van der Waals surface area (Å²) >= 11 is 0. The molecule has 1 aliphatic rings. The number of nitrogens with one attached hydrogen (secondary N) is 2. The molecule has 176 valence electrons. The van der Waals surface area contributed by atoms with Gasteiger partial charge in [-0.25, -0.2) is 14.0 Å². The Morgan fingerprint density at radius 2 is 1.53 bits per heavy atom.